The molecule has 0 saturated carbocycles. The molecule has 0 aromatic carbocycles. The van der Waals surface area contributed by atoms with Gasteiger partial charge in [-0.05, 0) is 26.8 Å². The third-order valence-electron chi connectivity index (χ3n) is 3.06. The van der Waals surface area contributed by atoms with Gasteiger partial charge in [0.25, 0.3) is 0 Å². The van der Waals surface area contributed by atoms with Crippen molar-refractivity contribution in [2.45, 2.75) is 45.9 Å². The second kappa shape index (κ2) is 9.07. The van der Waals surface area contributed by atoms with Crippen molar-refractivity contribution in [2.75, 3.05) is 19.8 Å². The zero-order valence-electron chi connectivity index (χ0n) is 12.6. The van der Waals surface area contributed by atoms with Crippen molar-refractivity contribution in [1.82, 2.24) is 14.9 Å². The fourth-order valence-corrected chi connectivity index (χ4v) is 2.13. The predicted molar refractivity (Wildman–Crippen MR) is 76.0 cm³/mol. The number of hydrogen-bond donors (Lipinski definition) is 1. The van der Waals surface area contributed by atoms with Crippen LogP contribution in [-0.4, -0.2) is 41.6 Å². The molecular weight excluding hydrogens is 242 g/mol. The molecule has 0 bridgehead atoms. The Kier molecular flexibility index (Phi) is 7.70. The Balaban J connectivity index is 2.56. The first-order valence-corrected chi connectivity index (χ1v) is 7.15. The van der Waals surface area contributed by atoms with E-state index in [-0.39, 0.29) is 12.3 Å². The topological polar surface area (TPSA) is 48.3 Å². The van der Waals surface area contributed by atoms with Gasteiger partial charge in [-0.15, -0.1) is 0 Å². The van der Waals surface area contributed by atoms with Crippen LogP contribution in [0.1, 0.15) is 33.0 Å². The molecule has 1 aromatic heterocycles. The minimum Gasteiger partial charge on any atom is -0.351 e. The summed E-state index contributed by atoms with van der Waals surface area (Å²) in [5.74, 6) is 1.09. The second-order valence-corrected chi connectivity index (χ2v) is 4.44. The molecule has 5 nitrogen and oxygen atoms in total. The molecule has 1 N–H and O–H groups in total. The van der Waals surface area contributed by atoms with Gasteiger partial charge >= 0.3 is 0 Å². The van der Waals surface area contributed by atoms with Crippen LogP contribution in [0.25, 0.3) is 0 Å². The summed E-state index contributed by atoms with van der Waals surface area (Å²) in [5.41, 5.74) is 0. The van der Waals surface area contributed by atoms with Gasteiger partial charge in [0.1, 0.15) is 5.82 Å². The van der Waals surface area contributed by atoms with Gasteiger partial charge in [0.2, 0.25) is 0 Å². The first-order chi connectivity index (χ1) is 9.22. The van der Waals surface area contributed by atoms with Gasteiger partial charge in [-0.2, -0.15) is 0 Å². The lowest BCUT2D eigenvalue weighted by Gasteiger charge is -2.27. The number of nitrogens with one attached hydrogen (secondary N) is 1. The van der Waals surface area contributed by atoms with Crippen LogP contribution in [-0.2, 0) is 22.9 Å². The second-order valence-electron chi connectivity index (χ2n) is 4.44. The summed E-state index contributed by atoms with van der Waals surface area (Å²) < 4.78 is 13.4. The van der Waals surface area contributed by atoms with E-state index in [9.17, 15) is 0 Å². The molecule has 0 fully saturated rings. The van der Waals surface area contributed by atoms with Gasteiger partial charge in [0.05, 0.1) is 6.04 Å². The number of aromatic nitrogens is 2. The van der Waals surface area contributed by atoms with Gasteiger partial charge in [-0.1, -0.05) is 6.92 Å². The molecule has 19 heavy (non-hydrogen) atoms. The van der Waals surface area contributed by atoms with E-state index in [0.29, 0.717) is 13.2 Å². The van der Waals surface area contributed by atoms with Crippen LogP contribution in [0.3, 0.4) is 0 Å². The van der Waals surface area contributed by atoms with E-state index < -0.39 is 0 Å². The van der Waals surface area contributed by atoms with Crippen LogP contribution < -0.4 is 5.32 Å². The molecule has 0 radical (unpaired) electrons. The van der Waals surface area contributed by atoms with Gasteiger partial charge in [-0.3, -0.25) is 0 Å². The Morgan fingerprint density at radius 2 is 1.95 bits per heavy atom. The summed E-state index contributed by atoms with van der Waals surface area (Å²) in [6.07, 6.45) is 5.48. The monoisotopic (exact) mass is 269 g/mol. The van der Waals surface area contributed by atoms with Crippen LogP contribution in [0.5, 0.6) is 0 Å². The quantitative estimate of drug-likeness (QED) is 0.657. The molecule has 0 aliphatic carbocycles. The summed E-state index contributed by atoms with van der Waals surface area (Å²) >= 11 is 0. The Bertz CT molecular complexity index is 335. The Hall–Kier alpha value is -0.910. The summed E-state index contributed by atoms with van der Waals surface area (Å²) in [6, 6.07) is 0.196. The maximum atomic E-state index is 5.69. The summed E-state index contributed by atoms with van der Waals surface area (Å²) in [5, 5.41) is 3.45. The molecule has 1 rings (SSSR count). The van der Waals surface area contributed by atoms with Crippen molar-refractivity contribution in [3.63, 3.8) is 0 Å². The number of ether oxygens (including phenoxy) is 2. The minimum absolute atomic E-state index is 0.185. The molecule has 1 aromatic rings. The van der Waals surface area contributed by atoms with E-state index in [0.717, 1.165) is 25.2 Å². The van der Waals surface area contributed by atoms with Crippen LogP contribution in [0.15, 0.2) is 12.4 Å². The number of hydrogen-bond acceptors (Lipinski definition) is 4. The molecule has 1 heterocycles. The highest BCUT2D eigenvalue weighted by Crippen LogP contribution is 2.10. The van der Waals surface area contributed by atoms with E-state index in [1.807, 2.05) is 33.3 Å². The van der Waals surface area contributed by atoms with Crippen molar-refractivity contribution in [3.05, 3.63) is 18.2 Å². The molecule has 0 aliphatic heterocycles. The predicted octanol–water partition coefficient (Wildman–Crippen LogP) is 1.73. The molecule has 0 amide bonds. The Morgan fingerprint density at radius 3 is 2.42 bits per heavy atom. The largest absolute Gasteiger partial charge is 0.351 e. The fourth-order valence-electron chi connectivity index (χ4n) is 2.13. The van der Waals surface area contributed by atoms with Gasteiger partial charge < -0.3 is 19.4 Å². The normalized spacial score (nSPS) is 13.1. The number of likely N-dealkylation sites (N-methyl/N-ethyl adjacent to an activating group) is 1. The maximum Gasteiger partial charge on any atom is 0.172 e. The number of rotatable bonds is 10. The summed E-state index contributed by atoms with van der Waals surface area (Å²) in [7, 11) is 2.02. The van der Waals surface area contributed by atoms with Crippen LogP contribution in [0, 0.1) is 0 Å². The summed E-state index contributed by atoms with van der Waals surface area (Å²) in [4.78, 5) is 4.35. The zero-order chi connectivity index (χ0) is 14.1. The lowest BCUT2D eigenvalue weighted by atomic mass is 10.1. The van der Waals surface area contributed by atoms with E-state index in [1.54, 1.807) is 0 Å². The van der Waals surface area contributed by atoms with Crippen molar-refractivity contribution in [3.8, 4) is 0 Å². The van der Waals surface area contributed by atoms with Gasteiger partial charge in [0.15, 0.2) is 6.29 Å². The number of imidazole rings is 1. The van der Waals surface area contributed by atoms with E-state index >= 15 is 0 Å². The third-order valence-corrected chi connectivity index (χ3v) is 3.06. The summed E-state index contributed by atoms with van der Waals surface area (Å²) in [6.45, 7) is 8.32. The van der Waals surface area contributed by atoms with E-state index in [1.165, 1.54) is 0 Å². The smallest absolute Gasteiger partial charge is 0.172 e. The fraction of sp³-hybridized carbons (Fsp3) is 0.786. The third kappa shape index (κ3) is 5.30. The van der Waals surface area contributed by atoms with Gasteiger partial charge in [0, 0.05) is 39.1 Å². The lowest BCUT2D eigenvalue weighted by molar-refractivity contribution is -0.154. The van der Waals surface area contributed by atoms with Crippen molar-refractivity contribution in [2.24, 2.45) is 7.05 Å². The lowest BCUT2D eigenvalue weighted by Crippen LogP contribution is -2.43. The molecule has 5 heteroatoms. The number of nitrogens with zero attached hydrogens (tertiary/aromatic N) is 2. The molecule has 0 aliphatic rings. The highest BCUT2D eigenvalue weighted by molar-refractivity contribution is 4.92. The standard InChI is InChI=1S/C14H27N3O2/c1-5-15-12(14(18-6-2)19-7-3)8-9-13-16-10-11-17(13)4/h10-12,14-15H,5-9H2,1-4H3. The van der Waals surface area contributed by atoms with Crippen molar-refractivity contribution < 1.29 is 9.47 Å². The molecular formula is C14H27N3O2. The van der Waals surface area contributed by atoms with Gasteiger partial charge in [-0.25, -0.2) is 4.98 Å². The van der Waals surface area contributed by atoms with Crippen LogP contribution >= 0.6 is 0 Å². The van der Waals surface area contributed by atoms with E-state index in [2.05, 4.69) is 21.8 Å². The average molecular weight is 269 g/mol. The molecule has 110 valence electrons. The Labute approximate surface area is 116 Å². The molecule has 1 unspecified atom stereocenters. The molecule has 1 atom stereocenters. The highest BCUT2D eigenvalue weighted by Gasteiger charge is 2.21. The van der Waals surface area contributed by atoms with Crippen LogP contribution in [0.2, 0.25) is 0 Å². The van der Waals surface area contributed by atoms with Crippen molar-refractivity contribution in [1.29, 1.82) is 0 Å². The molecule has 0 spiro atoms. The Morgan fingerprint density at radius 1 is 1.26 bits per heavy atom. The minimum atomic E-state index is -0.185. The zero-order valence-corrected chi connectivity index (χ0v) is 12.6. The molecule has 0 saturated heterocycles. The van der Waals surface area contributed by atoms with E-state index in [4.69, 9.17) is 9.47 Å². The van der Waals surface area contributed by atoms with Crippen LogP contribution in [0.4, 0.5) is 0 Å². The average Bonchev–Trinajstić information content (AvgIpc) is 2.80. The maximum absolute atomic E-state index is 5.69. The highest BCUT2D eigenvalue weighted by atomic mass is 16.7. The first kappa shape index (κ1) is 16.1. The van der Waals surface area contributed by atoms with Crippen molar-refractivity contribution >= 4 is 0 Å². The number of aryl methyl sites for hydroxylation is 2. The first-order valence-electron chi connectivity index (χ1n) is 7.15. The SMILES string of the molecule is CCNC(CCc1nccn1C)C(OCC)OCC.